The molecule has 1 aromatic heterocycles. The van der Waals surface area contributed by atoms with E-state index in [1.165, 1.54) is 50.0 Å². The van der Waals surface area contributed by atoms with E-state index in [9.17, 15) is 0 Å². The lowest BCUT2D eigenvalue weighted by atomic mass is 10.0. The van der Waals surface area contributed by atoms with Gasteiger partial charge in [0.1, 0.15) is 5.69 Å². The number of para-hydroxylation sites is 3. The summed E-state index contributed by atoms with van der Waals surface area (Å²) in [6.07, 6.45) is 0. The van der Waals surface area contributed by atoms with Crippen LogP contribution < -0.4 is 5.32 Å². The van der Waals surface area contributed by atoms with Crippen molar-refractivity contribution in [3.05, 3.63) is 91.0 Å². The van der Waals surface area contributed by atoms with Crippen LogP contribution in [-0.4, -0.2) is 4.57 Å². The standard InChI is InChI=1S/C24H16N2/c1-2-8-16(9-3-1)26-21-13-7-5-11-19(21)23-22(26)15-14-18-17-10-4-6-12-20(17)25-24(18)23/h1-15,25H/p+1. The molecule has 2 N–H and O–H groups in total. The van der Waals surface area contributed by atoms with Crippen molar-refractivity contribution in [2.45, 2.75) is 0 Å². The molecule has 6 rings (SSSR count). The minimum atomic E-state index is 1.20. The third-order valence-electron chi connectivity index (χ3n) is 5.44. The van der Waals surface area contributed by atoms with Crippen molar-refractivity contribution in [1.29, 1.82) is 0 Å². The van der Waals surface area contributed by atoms with Crippen LogP contribution in [-0.2, 0) is 0 Å². The summed E-state index contributed by atoms with van der Waals surface area (Å²) < 4.78 is 2.38. The van der Waals surface area contributed by atoms with Gasteiger partial charge in [-0.3, -0.25) is 5.32 Å². The molecule has 1 aliphatic rings. The van der Waals surface area contributed by atoms with Crippen LogP contribution in [0.2, 0.25) is 0 Å². The van der Waals surface area contributed by atoms with Crippen molar-refractivity contribution in [2.24, 2.45) is 0 Å². The summed E-state index contributed by atoms with van der Waals surface area (Å²) in [5.41, 5.74) is 9.05. The first kappa shape index (κ1) is 13.9. The van der Waals surface area contributed by atoms with E-state index >= 15 is 0 Å². The molecule has 0 unspecified atom stereocenters. The lowest BCUT2D eigenvalue weighted by Crippen LogP contribution is -2.69. The average Bonchev–Trinajstić information content (AvgIpc) is 3.24. The topological polar surface area (TPSA) is 21.5 Å². The Kier molecular flexibility index (Phi) is 2.71. The molecule has 4 aromatic carbocycles. The third kappa shape index (κ3) is 1.74. The number of nitrogens with two attached hydrogens (primary N) is 1. The summed E-state index contributed by atoms with van der Waals surface area (Å²) in [5.74, 6) is 0. The molecule has 2 heteroatoms. The SMILES string of the molecule is c1ccc(-n2c3ccccc3c3c4c(ccc32)-c2ccccc2[NH2+]4)cc1. The van der Waals surface area contributed by atoms with E-state index < -0.39 is 0 Å². The molecule has 0 fully saturated rings. The molecule has 0 aliphatic carbocycles. The van der Waals surface area contributed by atoms with Gasteiger partial charge in [-0.2, -0.15) is 0 Å². The lowest BCUT2D eigenvalue weighted by Gasteiger charge is -2.07. The summed E-state index contributed by atoms with van der Waals surface area (Å²) in [6.45, 7) is 0. The Morgan fingerprint density at radius 1 is 0.577 bits per heavy atom. The molecule has 0 saturated carbocycles. The Balaban J connectivity index is 1.78. The maximum atomic E-state index is 2.38. The molecule has 5 aromatic rings. The molecule has 122 valence electrons. The lowest BCUT2D eigenvalue weighted by molar-refractivity contribution is -0.471. The molecule has 2 nitrogen and oxygen atoms in total. The molecule has 0 spiro atoms. The summed E-state index contributed by atoms with van der Waals surface area (Å²) in [6, 6.07) is 32.6. The largest absolute Gasteiger partial charge is 0.309 e. The predicted molar refractivity (Wildman–Crippen MR) is 107 cm³/mol. The van der Waals surface area contributed by atoms with Crippen molar-refractivity contribution in [2.75, 3.05) is 0 Å². The zero-order chi connectivity index (χ0) is 17.1. The van der Waals surface area contributed by atoms with Gasteiger partial charge in [0, 0.05) is 28.3 Å². The van der Waals surface area contributed by atoms with Gasteiger partial charge in [-0.25, -0.2) is 0 Å². The Morgan fingerprint density at radius 2 is 1.35 bits per heavy atom. The number of nitrogens with zero attached hydrogens (tertiary/aromatic N) is 1. The third-order valence-corrected chi connectivity index (χ3v) is 5.44. The second kappa shape index (κ2) is 5.07. The number of benzene rings is 4. The van der Waals surface area contributed by atoms with Crippen molar-refractivity contribution in [3.8, 4) is 16.8 Å². The van der Waals surface area contributed by atoms with Crippen molar-refractivity contribution < 1.29 is 5.32 Å². The molecule has 1 aliphatic heterocycles. The predicted octanol–water partition coefficient (Wildman–Crippen LogP) is 5.29. The summed E-state index contributed by atoms with van der Waals surface area (Å²) in [4.78, 5) is 0. The van der Waals surface area contributed by atoms with Crippen LogP contribution in [0, 0.1) is 0 Å². The van der Waals surface area contributed by atoms with Gasteiger partial charge in [-0.15, -0.1) is 0 Å². The normalized spacial score (nSPS) is 12.5. The van der Waals surface area contributed by atoms with Crippen LogP contribution in [0.4, 0.5) is 11.4 Å². The number of hydrogen-bond donors (Lipinski definition) is 1. The minimum absolute atomic E-state index is 1.20. The Morgan fingerprint density at radius 3 is 2.27 bits per heavy atom. The molecule has 26 heavy (non-hydrogen) atoms. The van der Waals surface area contributed by atoms with Gasteiger partial charge < -0.3 is 4.57 Å². The highest BCUT2D eigenvalue weighted by molar-refractivity contribution is 6.17. The van der Waals surface area contributed by atoms with E-state index in [2.05, 4.69) is 101 Å². The van der Waals surface area contributed by atoms with Gasteiger partial charge in [-0.05, 0) is 36.4 Å². The van der Waals surface area contributed by atoms with Crippen LogP contribution in [0.3, 0.4) is 0 Å². The molecular weight excluding hydrogens is 316 g/mol. The minimum Gasteiger partial charge on any atom is -0.309 e. The number of aromatic nitrogens is 1. The van der Waals surface area contributed by atoms with E-state index in [0.717, 1.165) is 0 Å². The average molecular weight is 333 g/mol. The Labute approximate surface area is 151 Å². The summed E-state index contributed by atoms with van der Waals surface area (Å²) >= 11 is 0. The van der Waals surface area contributed by atoms with E-state index in [0.29, 0.717) is 0 Å². The Bertz CT molecular complexity index is 1300. The van der Waals surface area contributed by atoms with Crippen LogP contribution in [0.1, 0.15) is 0 Å². The van der Waals surface area contributed by atoms with Crippen molar-refractivity contribution >= 4 is 33.2 Å². The maximum absolute atomic E-state index is 2.38. The number of rotatable bonds is 1. The zero-order valence-corrected chi connectivity index (χ0v) is 14.2. The van der Waals surface area contributed by atoms with Crippen molar-refractivity contribution in [3.63, 3.8) is 0 Å². The van der Waals surface area contributed by atoms with Crippen LogP contribution in [0.5, 0.6) is 0 Å². The van der Waals surface area contributed by atoms with Gasteiger partial charge >= 0.3 is 0 Å². The second-order valence-electron chi connectivity index (χ2n) is 6.84. The van der Waals surface area contributed by atoms with E-state index in [1.807, 2.05) is 0 Å². The molecule has 0 saturated heterocycles. The molecule has 2 heterocycles. The van der Waals surface area contributed by atoms with Gasteiger partial charge in [-0.1, -0.05) is 48.5 Å². The highest BCUT2D eigenvalue weighted by Gasteiger charge is 2.27. The number of quaternary nitrogens is 1. The van der Waals surface area contributed by atoms with E-state index in [4.69, 9.17) is 0 Å². The first-order valence-corrected chi connectivity index (χ1v) is 8.97. The molecule has 0 atom stereocenters. The number of hydrogen-bond acceptors (Lipinski definition) is 0. The Hall–Kier alpha value is -3.36. The smallest absolute Gasteiger partial charge is 0.152 e. The fraction of sp³-hybridized carbons (Fsp3) is 0. The van der Waals surface area contributed by atoms with E-state index in [-0.39, 0.29) is 0 Å². The first-order valence-electron chi connectivity index (χ1n) is 8.97. The first-order chi connectivity index (χ1) is 12.9. The van der Waals surface area contributed by atoms with Crippen molar-refractivity contribution in [1.82, 2.24) is 4.57 Å². The summed E-state index contributed by atoms with van der Waals surface area (Å²) in [5, 5.41) is 5.00. The second-order valence-corrected chi connectivity index (χ2v) is 6.84. The monoisotopic (exact) mass is 333 g/mol. The van der Waals surface area contributed by atoms with Gasteiger partial charge in [0.2, 0.25) is 0 Å². The fourth-order valence-electron chi connectivity index (χ4n) is 4.35. The van der Waals surface area contributed by atoms with Crippen LogP contribution in [0.15, 0.2) is 91.0 Å². The fourth-order valence-corrected chi connectivity index (χ4v) is 4.35. The highest BCUT2D eigenvalue weighted by Crippen LogP contribution is 2.43. The van der Waals surface area contributed by atoms with Gasteiger partial charge in [0.25, 0.3) is 0 Å². The number of fused-ring (bicyclic) bond motifs is 7. The van der Waals surface area contributed by atoms with Gasteiger partial charge in [0.05, 0.1) is 16.4 Å². The molecule has 0 bridgehead atoms. The van der Waals surface area contributed by atoms with Crippen LogP contribution >= 0.6 is 0 Å². The van der Waals surface area contributed by atoms with Crippen LogP contribution in [0.25, 0.3) is 38.6 Å². The molecule has 0 radical (unpaired) electrons. The van der Waals surface area contributed by atoms with E-state index in [1.54, 1.807) is 0 Å². The molecule has 0 amide bonds. The molecular formula is C24H17N2+. The maximum Gasteiger partial charge on any atom is 0.152 e. The zero-order valence-electron chi connectivity index (χ0n) is 14.2. The summed E-state index contributed by atoms with van der Waals surface area (Å²) in [7, 11) is 0. The highest BCUT2D eigenvalue weighted by atomic mass is 15.0. The van der Waals surface area contributed by atoms with Gasteiger partial charge in [0.15, 0.2) is 5.69 Å². The quantitative estimate of drug-likeness (QED) is 0.395.